The molecule has 0 fully saturated rings. The number of likely N-dealkylation sites (N-methyl/N-ethyl adjacent to an activating group) is 1. The molecule has 0 saturated heterocycles. The summed E-state index contributed by atoms with van der Waals surface area (Å²) in [6.07, 6.45) is 0. The fraction of sp³-hybridized carbons (Fsp3) is 0.667. The van der Waals surface area contributed by atoms with Gasteiger partial charge in [-0.25, -0.2) is 0 Å². The summed E-state index contributed by atoms with van der Waals surface area (Å²) in [5.41, 5.74) is 0. The van der Waals surface area contributed by atoms with E-state index in [0.717, 1.165) is 38.5 Å². The number of hydrogen-bond acceptors (Lipinski definition) is 4. The molecule has 4 heteroatoms. The van der Waals surface area contributed by atoms with Crippen molar-refractivity contribution in [2.45, 2.75) is 20.4 Å². The molecule has 0 unspecified atom stereocenters. The van der Waals surface area contributed by atoms with Crippen molar-refractivity contribution < 1.29 is 4.74 Å². The lowest BCUT2D eigenvalue weighted by molar-refractivity contribution is 0.302. The van der Waals surface area contributed by atoms with Gasteiger partial charge in [-0.15, -0.1) is 11.3 Å². The van der Waals surface area contributed by atoms with Crippen molar-refractivity contribution in [3.8, 4) is 5.75 Å². The molecule has 1 aromatic rings. The van der Waals surface area contributed by atoms with Crippen LogP contribution in [0.5, 0.6) is 5.75 Å². The average Bonchev–Trinajstić information content (AvgIpc) is 2.77. The van der Waals surface area contributed by atoms with Crippen molar-refractivity contribution in [2.24, 2.45) is 0 Å². The largest absolute Gasteiger partial charge is 0.496 e. The molecule has 0 bridgehead atoms. The zero-order valence-electron chi connectivity index (χ0n) is 10.5. The number of rotatable bonds is 8. The molecule has 92 valence electrons. The first-order valence-corrected chi connectivity index (χ1v) is 6.73. The standard InChI is InChI=1S/C12H22N2OS/c1-4-14(5-2)8-7-13-10-12-11(15-3)6-9-16-12/h6,9,13H,4-5,7-8,10H2,1-3H3. The van der Waals surface area contributed by atoms with Crippen molar-refractivity contribution in [1.82, 2.24) is 10.2 Å². The molecule has 1 aromatic heterocycles. The monoisotopic (exact) mass is 242 g/mol. The molecule has 0 aliphatic heterocycles. The van der Waals surface area contributed by atoms with Gasteiger partial charge in [-0.1, -0.05) is 13.8 Å². The fourth-order valence-electron chi connectivity index (χ4n) is 1.62. The van der Waals surface area contributed by atoms with Crippen molar-refractivity contribution in [3.63, 3.8) is 0 Å². The van der Waals surface area contributed by atoms with Gasteiger partial charge < -0.3 is 15.0 Å². The van der Waals surface area contributed by atoms with Gasteiger partial charge >= 0.3 is 0 Å². The lowest BCUT2D eigenvalue weighted by atomic mass is 10.4. The molecule has 0 spiro atoms. The third-order valence-corrected chi connectivity index (χ3v) is 3.61. The molecule has 0 atom stereocenters. The summed E-state index contributed by atoms with van der Waals surface area (Å²) < 4.78 is 5.27. The van der Waals surface area contributed by atoms with Gasteiger partial charge in [0.05, 0.1) is 12.0 Å². The molecule has 3 nitrogen and oxygen atoms in total. The van der Waals surface area contributed by atoms with Crippen molar-refractivity contribution in [3.05, 3.63) is 16.3 Å². The van der Waals surface area contributed by atoms with E-state index in [1.807, 2.05) is 6.07 Å². The number of nitrogens with one attached hydrogen (secondary N) is 1. The van der Waals surface area contributed by atoms with E-state index in [9.17, 15) is 0 Å². The number of ether oxygens (including phenoxy) is 1. The Hall–Kier alpha value is -0.580. The van der Waals surface area contributed by atoms with Crippen LogP contribution in [0, 0.1) is 0 Å². The van der Waals surface area contributed by atoms with Crippen LogP contribution in [-0.2, 0) is 6.54 Å². The second kappa shape index (κ2) is 7.65. The minimum absolute atomic E-state index is 0.905. The molecule has 1 rings (SSSR count). The van der Waals surface area contributed by atoms with Crippen LogP contribution in [0.3, 0.4) is 0 Å². The Morgan fingerprint density at radius 1 is 1.38 bits per heavy atom. The molecule has 0 aromatic carbocycles. The smallest absolute Gasteiger partial charge is 0.134 e. The number of hydrogen-bond donors (Lipinski definition) is 1. The van der Waals surface area contributed by atoms with E-state index >= 15 is 0 Å². The van der Waals surface area contributed by atoms with E-state index in [-0.39, 0.29) is 0 Å². The lowest BCUT2D eigenvalue weighted by Crippen LogP contribution is -2.31. The van der Waals surface area contributed by atoms with E-state index in [2.05, 4.69) is 29.4 Å². The topological polar surface area (TPSA) is 24.5 Å². The maximum absolute atomic E-state index is 5.27. The maximum atomic E-state index is 5.27. The minimum Gasteiger partial charge on any atom is -0.496 e. The molecule has 0 saturated carbocycles. The molecular formula is C12H22N2OS. The number of nitrogens with zero attached hydrogens (tertiary/aromatic N) is 1. The summed E-state index contributed by atoms with van der Waals surface area (Å²) in [5, 5.41) is 5.52. The summed E-state index contributed by atoms with van der Waals surface area (Å²) in [4.78, 5) is 3.70. The third kappa shape index (κ3) is 4.12. The summed E-state index contributed by atoms with van der Waals surface area (Å²) in [7, 11) is 1.72. The SMILES string of the molecule is CCN(CC)CCNCc1sccc1OC. The highest BCUT2D eigenvalue weighted by Gasteiger charge is 2.03. The molecular weight excluding hydrogens is 220 g/mol. The Kier molecular flexibility index (Phi) is 6.45. The fourth-order valence-corrected chi connectivity index (χ4v) is 2.43. The summed E-state index contributed by atoms with van der Waals surface area (Å²) in [5.74, 6) is 1.00. The Morgan fingerprint density at radius 3 is 2.75 bits per heavy atom. The van der Waals surface area contributed by atoms with Crippen LogP contribution in [0.1, 0.15) is 18.7 Å². The van der Waals surface area contributed by atoms with Crippen LogP contribution in [0.4, 0.5) is 0 Å². The van der Waals surface area contributed by atoms with Gasteiger partial charge in [-0.2, -0.15) is 0 Å². The Bertz CT molecular complexity index is 284. The van der Waals surface area contributed by atoms with E-state index in [1.165, 1.54) is 4.88 Å². The lowest BCUT2D eigenvalue weighted by Gasteiger charge is -2.17. The zero-order valence-corrected chi connectivity index (χ0v) is 11.3. The van der Waals surface area contributed by atoms with E-state index < -0.39 is 0 Å². The summed E-state index contributed by atoms with van der Waals surface area (Å²) >= 11 is 1.74. The summed E-state index contributed by atoms with van der Waals surface area (Å²) in [6.45, 7) is 9.70. The van der Waals surface area contributed by atoms with E-state index in [1.54, 1.807) is 18.4 Å². The normalized spacial score (nSPS) is 11.0. The van der Waals surface area contributed by atoms with Crippen LogP contribution in [0.15, 0.2) is 11.4 Å². The second-order valence-electron chi connectivity index (χ2n) is 3.62. The van der Waals surface area contributed by atoms with Gasteiger partial charge in [0.1, 0.15) is 5.75 Å². The van der Waals surface area contributed by atoms with Crippen molar-refractivity contribution in [2.75, 3.05) is 33.3 Å². The Morgan fingerprint density at radius 2 is 2.12 bits per heavy atom. The molecule has 0 radical (unpaired) electrons. The van der Waals surface area contributed by atoms with Gasteiger partial charge in [0.2, 0.25) is 0 Å². The summed E-state index contributed by atoms with van der Waals surface area (Å²) in [6, 6.07) is 2.02. The van der Waals surface area contributed by atoms with Crippen LogP contribution in [0.2, 0.25) is 0 Å². The van der Waals surface area contributed by atoms with Gasteiger partial charge in [0.25, 0.3) is 0 Å². The molecule has 0 aliphatic carbocycles. The first-order chi connectivity index (χ1) is 7.81. The quantitative estimate of drug-likeness (QED) is 0.707. The number of methoxy groups -OCH3 is 1. The highest BCUT2D eigenvalue weighted by atomic mass is 32.1. The average molecular weight is 242 g/mol. The first-order valence-electron chi connectivity index (χ1n) is 5.85. The highest BCUT2D eigenvalue weighted by Crippen LogP contribution is 2.23. The predicted molar refractivity (Wildman–Crippen MR) is 70.4 cm³/mol. The van der Waals surface area contributed by atoms with Gasteiger partial charge in [-0.3, -0.25) is 0 Å². The molecule has 1 heterocycles. The molecule has 1 N–H and O–H groups in total. The molecule has 0 amide bonds. The zero-order chi connectivity index (χ0) is 11.8. The van der Waals surface area contributed by atoms with Crippen molar-refractivity contribution >= 4 is 11.3 Å². The van der Waals surface area contributed by atoms with Crippen LogP contribution in [0.25, 0.3) is 0 Å². The van der Waals surface area contributed by atoms with Crippen LogP contribution < -0.4 is 10.1 Å². The van der Waals surface area contributed by atoms with Crippen LogP contribution >= 0.6 is 11.3 Å². The third-order valence-electron chi connectivity index (χ3n) is 2.71. The maximum Gasteiger partial charge on any atom is 0.134 e. The highest BCUT2D eigenvalue weighted by molar-refractivity contribution is 7.10. The predicted octanol–water partition coefficient (Wildman–Crippen LogP) is 2.19. The van der Waals surface area contributed by atoms with E-state index in [4.69, 9.17) is 4.74 Å². The second-order valence-corrected chi connectivity index (χ2v) is 4.62. The Balaban J connectivity index is 2.20. The van der Waals surface area contributed by atoms with Gasteiger partial charge in [-0.05, 0) is 24.5 Å². The number of thiophene rings is 1. The van der Waals surface area contributed by atoms with E-state index in [0.29, 0.717) is 0 Å². The van der Waals surface area contributed by atoms with Crippen molar-refractivity contribution in [1.29, 1.82) is 0 Å². The van der Waals surface area contributed by atoms with Crippen LogP contribution in [-0.4, -0.2) is 38.2 Å². The minimum atomic E-state index is 0.905. The first kappa shape index (κ1) is 13.5. The van der Waals surface area contributed by atoms with Gasteiger partial charge in [0, 0.05) is 19.6 Å². The Labute approximate surface area is 102 Å². The molecule has 16 heavy (non-hydrogen) atoms. The van der Waals surface area contributed by atoms with Gasteiger partial charge in [0.15, 0.2) is 0 Å². The molecule has 0 aliphatic rings.